The van der Waals surface area contributed by atoms with E-state index in [0.29, 0.717) is 0 Å². The molecule has 0 aliphatic carbocycles. The minimum atomic E-state index is 0.718. The van der Waals surface area contributed by atoms with Gasteiger partial charge in [0.1, 0.15) is 0 Å². The number of aromatic nitrogens is 2. The molecule has 3 heteroatoms. The van der Waals surface area contributed by atoms with Gasteiger partial charge in [-0.2, -0.15) is 0 Å². The number of nitrogens with two attached hydrogens (primary N) is 1. The maximum Gasteiger partial charge on any atom is 0.0541 e. The lowest BCUT2D eigenvalue weighted by Crippen LogP contribution is -2.03. The molecule has 0 bridgehead atoms. The largest absolute Gasteiger partial charge is 0.398 e. The van der Waals surface area contributed by atoms with Crippen molar-refractivity contribution in [3.05, 3.63) is 156 Å². The normalized spacial score (nSPS) is 12.3. The molecule has 0 unspecified atom stereocenters. The predicted molar refractivity (Wildman–Crippen MR) is 179 cm³/mol. The predicted octanol–water partition coefficient (Wildman–Crippen LogP) is 9.61. The average Bonchev–Trinajstić information content (AvgIpc) is 3.52. The molecule has 0 aliphatic heterocycles. The first-order valence-electron chi connectivity index (χ1n) is 14.5. The van der Waals surface area contributed by atoms with Crippen molar-refractivity contribution in [1.29, 1.82) is 0 Å². The third-order valence-corrected chi connectivity index (χ3v) is 8.22. The number of nitrogens with zero attached hydrogens (tertiary/aromatic N) is 2. The zero-order valence-corrected chi connectivity index (χ0v) is 24.0. The Kier molecular flexibility index (Phi) is 6.48. The summed E-state index contributed by atoms with van der Waals surface area (Å²) in [5.74, 6) is 0. The minimum absolute atomic E-state index is 0.718. The van der Waals surface area contributed by atoms with E-state index in [1.807, 2.05) is 18.2 Å². The summed E-state index contributed by atoms with van der Waals surface area (Å²) in [4.78, 5) is 0. The Morgan fingerprint density at radius 2 is 1.17 bits per heavy atom. The van der Waals surface area contributed by atoms with Gasteiger partial charge in [-0.25, -0.2) is 0 Å². The summed E-state index contributed by atoms with van der Waals surface area (Å²) in [5.41, 5.74) is 17.9. The van der Waals surface area contributed by atoms with E-state index in [2.05, 4.69) is 144 Å². The number of rotatable bonds is 6. The second-order valence-corrected chi connectivity index (χ2v) is 10.8. The molecule has 42 heavy (non-hydrogen) atoms. The SMILES string of the molecule is C/C=C\c1c(C)c2ccccc2n1-c1cc(C/C=C(\N)c2ccccc2)cc(-n2c3ccccc3c3ccccc32)c1. The van der Waals surface area contributed by atoms with Crippen LogP contribution in [-0.4, -0.2) is 9.13 Å². The fraction of sp³-hybridized carbons (Fsp3) is 0.0769. The van der Waals surface area contributed by atoms with Gasteiger partial charge in [0.25, 0.3) is 0 Å². The Hall–Kier alpha value is -5.28. The van der Waals surface area contributed by atoms with Crippen molar-refractivity contribution >= 4 is 44.5 Å². The fourth-order valence-corrected chi connectivity index (χ4v) is 6.27. The summed E-state index contributed by atoms with van der Waals surface area (Å²) < 4.78 is 4.80. The standard InChI is InChI=1S/C39H33N3/c1-3-13-36-27(2)32-16-7-10-19-37(32)41(36)30-24-28(22-23-35(40)29-14-5-4-6-15-29)25-31(26-30)42-38-20-11-8-17-33(38)34-18-9-12-21-39(34)42/h3-21,23-26H,22,40H2,1-2H3/b13-3-,35-23-. The van der Waals surface area contributed by atoms with Crippen LogP contribution >= 0.6 is 0 Å². The molecule has 204 valence electrons. The van der Waals surface area contributed by atoms with Crippen LogP contribution in [0.2, 0.25) is 0 Å². The Bertz CT molecular complexity index is 2080. The second kappa shape index (κ2) is 10.6. The first-order chi connectivity index (χ1) is 20.6. The van der Waals surface area contributed by atoms with E-state index in [1.165, 1.54) is 49.5 Å². The second-order valence-electron chi connectivity index (χ2n) is 10.8. The van der Waals surface area contributed by atoms with Crippen LogP contribution < -0.4 is 5.73 Å². The summed E-state index contributed by atoms with van der Waals surface area (Å²) in [7, 11) is 0. The van der Waals surface area contributed by atoms with Crippen molar-refractivity contribution in [3.63, 3.8) is 0 Å². The Morgan fingerprint density at radius 3 is 1.79 bits per heavy atom. The molecule has 2 N–H and O–H groups in total. The van der Waals surface area contributed by atoms with E-state index in [9.17, 15) is 0 Å². The van der Waals surface area contributed by atoms with Crippen LogP contribution in [0.4, 0.5) is 0 Å². The lowest BCUT2D eigenvalue weighted by Gasteiger charge is -2.16. The molecule has 7 aromatic rings. The summed E-state index contributed by atoms with van der Waals surface area (Å²) >= 11 is 0. The van der Waals surface area contributed by atoms with Crippen LogP contribution in [0, 0.1) is 6.92 Å². The van der Waals surface area contributed by atoms with Gasteiger partial charge in [-0.3, -0.25) is 0 Å². The van der Waals surface area contributed by atoms with Crippen LogP contribution in [0.15, 0.2) is 133 Å². The zero-order valence-electron chi connectivity index (χ0n) is 24.0. The van der Waals surface area contributed by atoms with E-state index < -0.39 is 0 Å². The van der Waals surface area contributed by atoms with Crippen LogP contribution in [0.25, 0.3) is 55.9 Å². The molecule has 0 amide bonds. The molecule has 0 radical (unpaired) electrons. The van der Waals surface area contributed by atoms with Gasteiger partial charge in [0.2, 0.25) is 0 Å². The highest BCUT2D eigenvalue weighted by Crippen LogP contribution is 2.35. The van der Waals surface area contributed by atoms with Crippen molar-refractivity contribution in [2.75, 3.05) is 0 Å². The van der Waals surface area contributed by atoms with E-state index in [0.717, 1.165) is 29.1 Å². The van der Waals surface area contributed by atoms with Crippen LogP contribution in [0.1, 0.15) is 29.3 Å². The number of hydrogen-bond donors (Lipinski definition) is 1. The van der Waals surface area contributed by atoms with Gasteiger partial charge in [0.05, 0.1) is 16.6 Å². The molecular formula is C39H33N3. The maximum atomic E-state index is 6.56. The quantitative estimate of drug-likeness (QED) is 0.223. The molecule has 0 aliphatic rings. The molecule has 0 saturated heterocycles. The molecule has 0 fully saturated rings. The minimum Gasteiger partial charge on any atom is -0.398 e. The molecule has 2 heterocycles. The first-order valence-corrected chi connectivity index (χ1v) is 14.5. The summed E-state index contributed by atoms with van der Waals surface area (Å²) in [5, 5.41) is 3.78. The van der Waals surface area contributed by atoms with Gasteiger partial charge in [-0.1, -0.05) is 97.1 Å². The Morgan fingerprint density at radius 1 is 0.643 bits per heavy atom. The monoisotopic (exact) mass is 543 g/mol. The topological polar surface area (TPSA) is 35.9 Å². The molecule has 2 aromatic heterocycles. The highest BCUT2D eigenvalue weighted by Gasteiger charge is 2.17. The third kappa shape index (κ3) is 4.31. The van der Waals surface area contributed by atoms with Crippen molar-refractivity contribution in [2.45, 2.75) is 20.3 Å². The van der Waals surface area contributed by atoms with Crippen LogP contribution in [0.3, 0.4) is 0 Å². The number of fused-ring (bicyclic) bond motifs is 4. The van der Waals surface area contributed by atoms with Gasteiger partial charge in [0, 0.05) is 38.9 Å². The number of para-hydroxylation sites is 3. The Balaban J connectivity index is 1.50. The van der Waals surface area contributed by atoms with Gasteiger partial charge in [0.15, 0.2) is 0 Å². The van der Waals surface area contributed by atoms with Gasteiger partial charge in [-0.05, 0) is 79.4 Å². The molecule has 5 aromatic carbocycles. The van der Waals surface area contributed by atoms with Gasteiger partial charge in [-0.15, -0.1) is 0 Å². The van der Waals surface area contributed by atoms with Gasteiger partial charge < -0.3 is 14.9 Å². The van der Waals surface area contributed by atoms with E-state index in [1.54, 1.807) is 0 Å². The van der Waals surface area contributed by atoms with E-state index in [-0.39, 0.29) is 0 Å². The number of aryl methyl sites for hydroxylation is 1. The summed E-state index contributed by atoms with van der Waals surface area (Å²) in [6.45, 7) is 4.30. The smallest absolute Gasteiger partial charge is 0.0541 e. The number of allylic oxidation sites excluding steroid dienone is 2. The molecular weight excluding hydrogens is 510 g/mol. The average molecular weight is 544 g/mol. The van der Waals surface area contributed by atoms with Gasteiger partial charge >= 0.3 is 0 Å². The molecule has 3 nitrogen and oxygen atoms in total. The van der Waals surface area contributed by atoms with Crippen LogP contribution in [-0.2, 0) is 6.42 Å². The lowest BCUT2D eigenvalue weighted by molar-refractivity contribution is 1.06. The van der Waals surface area contributed by atoms with Crippen molar-refractivity contribution in [1.82, 2.24) is 9.13 Å². The Labute approximate surface area is 246 Å². The molecule has 7 rings (SSSR count). The lowest BCUT2D eigenvalue weighted by atomic mass is 10.1. The zero-order chi connectivity index (χ0) is 28.6. The van der Waals surface area contributed by atoms with Crippen molar-refractivity contribution < 1.29 is 0 Å². The van der Waals surface area contributed by atoms with Crippen molar-refractivity contribution in [3.8, 4) is 11.4 Å². The maximum absolute atomic E-state index is 6.56. The van der Waals surface area contributed by atoms with Crippen LogP contribution in [0.5, 0.6) is 0 Å². The molecule has 0 spiro atoms. The molecule has 0 atom stereocenters. The summed E-state index contributed by atoms with van der Waals surface area (Å²) in [6, 6.07) is 43.2. The highest BCUT2D eigenvalue weighted by atomic mass is 15.0. The van der Waals surface area contributed by atoms with Crippen molar-refractivity contribution in [2.24, 2.45) is 5.73 Å². The molecule has 0 saturated carbocycles. The number of benzene rings is 5. The highest BCUT2D eigenvalue weighted by molar-refractivity contribution is 6.09. The number of hydrogen-bond acceptors (Lipinski definition) is 1. The first kappa shape index (κ1) is 25.7. The third-order valence-electron chi connectivity index (χ3n) is 8.22. The van der Waals surface area contributed by atoms with E-state index >= 15 is 0 Å². The fourth-order valence-electron chi connectivity index (χ4n) is 6.27. The summed E-state index contributed by atoms with van der Waals surface area (Å²) in [6.07, 6.45) is 7.19. The van der Waals surface area contributed by atoms with E-state index in [4.69, 9.17) is 5.73 Å².